The Morgan fingerprint density at radius 1 is 1.47 bits per heavy atom. The minimum absolute atomic E-state index is 0.0790. The van der Waals surface area contributed by atoms with Crippen LogP contribution in [0.5, 0.6) is 0 Å². The van der Waals surface area contributed by atoms with Crippen LogP contribution in [0.2, 0.25) is 0 Å². The first-order chi connectivity index (χ1) is 9.01. The molecule has 104 valence electrons. The van der Waals surface area contributed by atoms with Crippen LogP contribution in [-0.2, 0) is 0 Å². The molecule has 5 nitrogen and oxygen atoms in total. The molecular weight excluding hydrogens is 264 g/mol. The fourth-order valence-electron chi connectivity index (χ4n) is 1.69. The van der Waals surface area contributed by atoms with Gasteiger partial charge in [0.2, 0.25) is 0 Å². The summed E-state index contributed by atoms with van der Waals surface area (Å²) < 4.78 is 0. The van der Waals surface area contributed by atoms with Gasteiger partial charge in [-0.25, -0.2) is 4.79 Å². The number of carboxylic acids is 1. The predicted molar refractivity (Wildman–Crippen MR) is 75.8 cm³/mol. The van der Waals surface area contributed by atoms with E-state index in [-0.39, 0.29) is 23.2 Å². The number of rotatable bonds is 6. The summed E-state index contributed by atoms with van der Waals surface area (Å²) in [5, 5.41) is 8.78. The summed E-state index contributed by atoms with van der Waals surface area (Å²) in [5.74, 6) is -0.363. The summed E-state index contributed by atoms with van der Waals surface area (Å²) in [7, 11) is 1.75. The van der Waals surface area contributed by atoms with E-state index in [1.165, 1.54) is 18.3 Å². The van der Waals surface area contributed by atoms with Crippen molar-refractivity contribution in [1.29, 1.82) is 0 Å². The highest BCUT2D eigenvalue weighted by molar-refractivity contribution is 7.98. The molecule has 6 heteroatoms. The van der Waals surface area contributed by atoms with Gasteiger partial charge in [-0.1, -0.05) is 6.92 Å². The standard InChI is InChI=1S/C13H18N2O3S/c1-4-10(8-19-3)15(2)12(16)11-6-5-9(7-14-11)13(17)18/h5-7,10H,4,8H2,1-3H3,(H,17,18). The van der Waals surface area contributed by atoms with Crippen molar-refractivity contribution in [3.63, 3.8) is 0 Å². The van der Waals surface area contributed by atoms with Crippen LogP contribution < -0.4 is 0 Å². The zero-order chi connectivity index (χ0) is 14.4. The van der Waals surface area contributed by atoms with E-state index in [4.69, 9.17) is 5.11 Å². The van der Waals surface area contributed by atoms with Gasteiger partial charge in [-0.05, 0) is 24.8 Å². The Balaban J connectivity index is 2.84. The Kier molecular flexibility index (Phi) is 5.82. The van der Waals surface area contributed by atoms with Gasteiger partial charge in [0.05, 0.1) is 5.56 Å². The Morgan fingerprint density at radius 2 is 2.16 bits per heavy atom. The average Bonchev–Trinajstić information content (AvgIpc) is 2.43. The van der Waals surface area contributed by atoms with Crippen LogP contribution in [0.1, 0.15) is 34.2 Å². The van der Waals surface area contributed by atoms with Gasteiger partial charge in [-0.15, -0.1) is 0 Å². The predicted octanol–water partition coefficient (Wildman–Crippen LogP) is 1.99. The highest BCUT2D eigenvalue weighted by atomic mass is 32.2. The molecule has 0 fully saturated rings. The SMILES string of the molecule is CCC(CSC)N(C)C(=O)c1ccc(C(=O)O)cn1. The minimum atomic E-state index is -1.05. The highest BCUT2D eigenvalue weighted by Gasteiger charge is 2.20. The van der Waals surface area contributed by atoms with Crippen molar-refractivity contribution in [3.8, 4) is 0 Å². The fourth-order valence-corrected chi connectivity index (χ4v) is 2.53. The third kappa shape index (κ3) is 3.96. The first kappa shape index (κ1) is 15.5. The number of carboxylic acid groups (broad SMARTS) is 1. The van der Waals surface area contributed by atoms with Crippen LogP contribution in [0, 0.1) is 0 Å². The van der Waals surface area contributed by atoms with Crippen molar-refractivity contribution in [3.05, 3.63) is 29.6 Å². The number of nitrogens with zero attached hydrogens (tertiary/aromatic N) is 2. The molecule has 1 unspecified atom stereocenters. The minimum Gasteiger partial charge on any atom is -0.478 e. The van der Waals surface area contributed by atoms with E-state index in [2.05, 4.69) is 4.98 Å². The van der Waals surface area contributed by atoms with Crippen molar-refractivity contribution in [2.45, 2.75) is 19.4 Å². The van der Waals surface area contributed by atoms with Crippen LogP contribution in [0.3, 0.4) is 0 Å². The summed E-state index contributed by atoms with van der Waals surface area (Å²) in [6.45, 7) is 2.03. The lowest BCUT2D eigenvalue weighted by molar-refractivity contribution is 0.0691. The molecule has 0 aliphatic carbocycles. The van der Waals surface area contributed by atoms with Crippen LogP contribution in [-0.4, -0.2) is 52.0 Å². The largest absolute Gasteiger partial charge is 0.478 e. The quantitative estimate of drug-likeness (QED) is 0.864. The first-order valence-corrected chi connectivity index (χ1v) is 7.36. The van der Waals surface area contributed by atoms with E-state index in [0.29, 0.717) is 0 Å². The number of carbonyl (C=O) groups is 2. The molecule has 0 bridgehead atoms. The summed E-state index contributed by atoms with van der Waals surface area (Å²) in [6.07, 6.45) is 4.08. The molecule has 0 aromatic carbocycles. The second-order valence-electron chi connectivity index (χ2n) is 4.17. The van der Waals surface area contributed by atoms with Gasteiger partial charge in [0.15, 0.2) is 0 Å². The second kappa shape index (κ2) is 7.13. The van der Waals surface area contributed by atoms with Gasteiger partial charge in [-0.2, -0.15) is 11.8 Å². The van der Waals surface area contributed by atoms with E-state index in [1.54, 1.807) is 23.7 Å². The highest BCUT2D eigenvalue weighted by Crippen LogP contribution is 2.12. The van der Waals surface area contributed by atoms with Crippen LogP contribution >= 0.6 is 11.8 Å². The molecule has 1 heterocycles. The molecule has 1 rings (SSSR count). The third-order valence-corrected chi connectivity index (χ3v) is 3.65. The lowest BCUT2D eigenvalue weighted by Crippen LogP contribution is -2.38. The molecule has 1 aromatic rings. The molecule has 1 aromatic heterocycles. The molecule has 0 aliphatic rings. The lowest BCUT2D eigenvalue weighted by atomic mass is 10.2. The first-order valence-electron chi connectivity index (χ1n) is 5.96. The molecule has 19 heavy (non-hydrogen) atoms. The fraction of sp³-hybridized carbons (Fsp3) is 0.462. The number of pyridine rings is 1. The van der Waals surface area contributed by atoms with E-state index >= 15 is 0 Å². The number of hydrogen-bond donors (Lipinski definition) is 1. The Hall–Kier alpha value is -1.56. The number of carbonyl (C=O) groups excluding carboxylic acids is 1. The maximum absolute atomic E-state index is 12.2. The smallest absolute Gasteiger partial charge is 0.337 e. The van der Waals surface area contributed by atoms with E-state index in [9.17, 15) is 9.59 Å². The summed E-state index contributed by atoms with van der Waals surface area (Å²) in [5.41, 5.74) is 0.349. The number of amides is 1. The van der Waals surface area contributed by atoms with E-state index in [0.717, 1.165) is 12.2 Å². The molecule has 1 atom stereocenters. The summed E-state index contributed by atoms with van der Waals surface area (Å²) in [4.78, 5) is 28.5. The lowest BCUT2D eigenvalue weighted by Gasteiger charge is -2.26. The van der Waals surface area contributed by atoms with Crippen molar-refractivity contribution < 1.29 is 14.7 Å². The van der Waals surface area contributed by atoms with Gasteiger partial charge < -0.3 is 10.0 Å². The molecule has 1 N–H and O–H groups in total. The van der Waals surface area contributed by atoms with Crippen LogP contribution in [0.4, 0.5) is 0 Å². The monoisotopic (exact) mass is 282 g/mol. The normalized spacial score (nSPS) is 11.9. The van der Waals surface area contributed by atoms with Gasteiger partial charge >= 0.3 is 5.97 Å². The zero-order valence-corrected chi connectivity index (χ0v) is 12.1. The second-order valence-corrected chi connectivity index (χ2v) is 5.08. The molecule has 0 aliphatic heterocycles. The Morgan fingerprint density at radius 3 is 2.58 bits per heavy atom. The molecule has 0 radical (unpaired) electrons. The topological polar surface area (TPSA) is 70.5 Å². The number of hydrogen-bond acceptors (Lipinski definition) is 4. The van der Waals surface area contributed by atoms with Crippen molar-refractivity contribution in [2.24, 2.45) is 0 Å². The van der Waals surface area contributed by atoms with Crippen molar-refractivity contribution in [2.75, 3.05) is 19.1 Å². The molecule has 0 saturated carbocycles. The summed E-state index contributed by atoms with van der Waals surface area (Å²) >= 11 is 1.69. The number of aromatic nitrogens is 1. The molecule has 1 amide bonds. The zero-order valence-electron chi connectivity index (χ0n) is 11.3. The van der Waals surface area contributed by atoms with Crippen molar-refractivity contribution in [1.82, 2.24) is 9.88 Å². The molecule has 0 spiro atoms. The Labute approximate surface area is 117 Å². The number of aromatic carboxylic acids is 1. The van der Waals surface area contributed by atoms with Gasteiger partial charge in [-0.3, -0.25) is 9.78 Å². The Bertz CT molecular complexity index is 448. The third-order valence-electron chi connectivity index (χ3n) is 2.93. The number of thioether (sulfide) groups is 1. The van der Waals surface area contributed by atoms with Gasteiger partial charge in [0.25, 0.3) is 5.91 Å². The van der Waals surface area contributed by atoms with E-state index in [1.807, 2.05) is 13.2 Å². The average molecular weight is 282 g/mol. The van der Waals surface area contributed by atoms with E-state index < -0.39 is 5.97 Å². The molecule has 0 saturated heterocycles. The maximum atomic E-state index is 12.2. The van der Waals surface area contributed by atoms with Crippen LogP contribution in [0.15, 0.2) is 18.3 Å². The van der Waals surface area contributed by atoms with Gasteiger partial charge in [0, 0.05) is 25.0 Å². The van der Waals surface area contributed by atoms with Crippen molar-refractivity contribution >= 4 is 23.6 Å². The maximum Gasteiger partial charge on any atom is 0.337 e. The van der Waals surface area contributed by atoms with Gasteiger partial charge in [0.1, 0.15) is 5.69 Å². The molecular formula is C13H18N2O3S. The van der Waals surface area contributed by atoms with Crippen LogP contribution in [0.25, 0.3) is 0 Å². The summed E-state index contributed by atoms with van der Waals surface area (Å²) in [6, 6.07) is 3.00.